The van der Waals surface area contributed by atoms with Crippen LogP contribution in [0.5, 0.6) is 5.88 Å². The van der Waals surface area contributed by atoms with E-state index in [-0.39, 0.29) is 0 Å². The van der Waals surface area contributed by atoms with Gasteiger partial charge in [0, 0.05) is 12.7 Å². The molecule has 19 heavy (non-hydrogen) atoms. The lowest BCUT2D eigenvalue weighted by Gasteiger charge is -2.08. The summed E-state index contributed by atoms with van der Waals surface area (Å²) in [6.45, 7) is 6.36. The highest BCUT2D eigenvalue weighted by atomic mass is 16.5. The monoisotopic (exact) mass is 261 g/mol. The van der Waals surface area contributed by atoms with Gasteiger partial charge in [0.1, 0.15) is 12.4 Å². The molecule has 0 unspecified atom stereocenters. The van der Waals surface area contributed by atoms with E-state index in [0.717, 1.165) is 18.0 Å². The van der Waals surface area contributed by atoms with E-state index in [1.54, 1.807) is 18.7 Å². The first-order valence-electron chi connectivity index (χ1n) is 6.41. The summed E-state index contributed by atoms with van der Waals surface area (Å²) in [5.41, 5.74) is 0.873. The molecule has 0 saturated heterocycles. The van der Waals surface area contributed by atoms with Gasteiger partial charge in [-0.15, -0.1) is 0 Å². The van der Waals surface area contributed by atoms with Crippen LogP contribution in [-0.4, -0.2) is 16.5 Å². The second-order valence-corrected chi connectivity index (χ2v) is 4.74. The molecule has 0 atom stereocenters. The maximum absolute atomic E-state index is 5.52. The molecule has 0 amide bonds. The van der Waals surface area contributed by atoms with Crippen molar-refractivity contribution in [1.29, 1.82) is 0 Å². The van der Waals surface area contributed by atoms with Gasteiger partial charge in [0.25, 0.3) is 0 Å². The topological polar surface area (TPSA) is 60.2 Å². The molecule has 0 aromatic carbocycles. The van der Waals surface area contributed by atoms with E-state index in [2.05, 4.69) is 29.1 Å². The molecule has 2 rings (SSSR count). The molecule has 0 fully saturated rings. The average Bonchev–Trinajstić information content (AvgIpc) is 2.89. The van der Waals surface area contributed by atoms with Gasteiger partial charge in [-0.3, -0.25) is 4.98 Å². The molecule has 0 bridgehead atoms. The lowest BCUT2D eigenvalue weighted by atomic mass is 10.2. The second-order valence-electron chi connectivity index (χ2n) is 4.74. The van der Waals surface area contributed by atoms with E-state index in [1.807, 2.05) is 12.1 Å². The van der Waals surface area contributed by atoms with E-state index >= 15 is 0 Å². The third kappa shape index (κ3) is 4.71. The van der Waals surface area contributed by atoms with Crippen molar-refractivity contribution >= 4 is 0 Å². The zero-order chi connectivity index (χ0) is 13.5. The standard InChI is InChI=1S/C14H19N3O2/c1-11(2)6-15-7-12-8-16-9-14(17-12)19-10-13-4-3-5-18-13/h3-5,8-9,11,15H,6-7,10H2,1-2H3. The first-order chi connectivity index (χ1) is 9.24. The zero-order valence-electron chi connectivity index (χ0n) is 11.3. The van der Waals surface area contributed by atoms with Gasteiger partial charge in [-0.25, -0.2) is 4.98 Å². The molecule has 1 N–H and O–H groups in total. The summed E-state index contributed by atoms with van der Waals surface area (Å²) in [6.07, 6.45) is 4.97. The highest BCUT2D eigenvalue weighted by molar-refractivity contribution is 5.09. The van der Waals surface area contributed by atoms with Crippen LogP contribution in [-0.2, 0) is 13.2 Å². The van der Waals surface area contributed by atoms with Crippen LogP contribution in [0.25, 0.3) is 0 Å². The van der Waals surface area contributed by atoms with Gasteiger partial charge in [0.15, 0.2) is 0 Å². The van der Waals surface area contributed by atoms with E-state index < -0.39 is 0 Å². The molecular formula is C14H19N3O2. The van der Waals surface area contributed by atoms with Crippen molar-refractivity contribution in [3.05, 3.63) is 42.2 Å². The average molecular weight is 261 g/mol. The fraction of sp³-hybridized carbons (Fsp3) is 0.429. The lowest BCUT2D eigenvalue weighted by molar-refractivity contribution is 0.258. The number of nitrogens with zero attached hydrogens (tertiary/aromatic N) is 2. The summed E-state index contributed by atoms with van der Waals surface area (Å²) in [5.74, 6) is 1.90. The SMILES string of the molecule is CC(C)CNCc1cncc(OCc2ccco2)n1. The number of nitrogens with one attached hydrogen (secondary N) is 1. The van der Waals surface area contributed by atoms with Crippen LogP contribution in [0.2, 0.25) is 0 Å². The Morgan fingerprint density at radius 1 is 1.37 bits per heavy atom. The Morgan fingerprint density at radius 2 is 2.26 bits per heavy atom. The van der Waals surface area contributed by atoms with Crippen molar-refractivity contribution in [2.45, 2.75) is 27.0 Å². The van der Waals surface area contributed by atoms with Crippen LogP contribution in [0.15, 0.2) is 35.2 Å². The maximum Gasteiger partial charge on any atom is 0.233 e. The van der Waals surface area contributed by atoms with Crippen LogP contribution < -0.4 is 10.1 Å². The molecule has 0 aliphatic rings. The Kier molecular flexibility index (Phi) is 4.92. The van der Waals surface area contributed by atoms with E-state index in [1.165, 1.54) is 0 Å². The van der Waals surface area contributed by atoms with Gasteiger partial charge < -0.3 is 14.5 Å². The second kappa shape index (κ2) is 6.89. The number of furan rings is 1. The number of ether oxygens (including phenoxy) is 1. The maximum atomic E-state index is 5.52. The first kappa shape index (κ1) is 13.5. The third-order valence-electron chi connectivity index (χ3n) is 2.46. The normalized spacial score (nSPS) is 10.9. The smallest absolute Gasteiger partial charge is 0.233 e. The van der Waals surface area contributed by atoms with Crippen LogP contribution in [0.4, 0.5) is 0 Å². The Bertz CT molecular complexity index is 483. The Morgan fingerprint density at radius 3 is 3.00 bits per heavy atom. The molecule has 0 aliphatic carbocycles. The van der Waals surface area contributed by atoms with Gasteiger partial charge in [-0.05, 0) is 24.6 Å². The Labute approximate surface area is 113 Å². The largest absolute Gasteiger partial charge is 0.468 e. The van der Waals surface area contributed by atoms with Gasteiger partial charge in [-0.1, -0.05) is 13.8 Å². The minimum Gasteiger partial charge on any atom is -0.468 e. The molecule has 102 valence electrons. The van der Waals surface area contributed by atoms with Crippen LogP contribution in [0, 0.1) is 5.92 Å². The summed E-state index contributed by atoms with van der Waals surface area (Å²) in [7, 11) is 0. The van der Waals surface area contributed by atoms with Crippen molar-refractivity contribution in [2.24, 2.45) is 5.92 Å². The summed E-state index contributed by atoms with van der Waals surface area (Å²) in [6, 6.07) is 3.69. The summed E-state index contributed by atoms with van der Waals surface area (Å²) in [5, 5.41) is 3.32. The van der Waals surface area contributed by atoms with Crippen LogP contribution >= 0.6 is 0 Å². The third-order valence-corrected chi connectivity index (χ3v) is 2.46. The number of aromatic nitrogens is 2. The predicted octanol–water partition coefficient (Wildman–Crippen LogP) is 2.39. The van der Waals surface area contributed by atoms with Crippen molar-refractivity contribution < 1.29 is 9.15 Å². The minimum absolute atomic E-state index is 0.366. The molecule has 2 aromatic rings. The first-order valence-corrected chi connectivity index (χ1v) is 6.41. The number of hydrogen-bond acceptors (Lipinski definition) is 5. The molecule has 0 aliphatic heterocycles. The van der Waals surface area contributed by atoms with E-state index in [0.29, 0.717) is 24.9 Å². The molecule has 0 radical (unpaired) electrons. The predicted molar refractivity (Wildman–Crippen MR) is 71.6 cm³/mol. The Balaban J connectivity index is 1.84. The molecular weight excluding hydrogens is 242 g/mol. The number of hydrogen-bond donors (Lipinski definition) is 1. The molecule has 0 saturated carbocycles. The fourth-order valence-corrected chi connectivity index (χ4v) is 1.57. The molecule has 5 nitrogen and oxygen atoms in total. The van der Waals surface area contributed by atoms with E-state index in [4.69, 9.17) is 9.15 Å². The van der Waals surface area contributed by atoms with Crippen molar-refractivity contribution in [3.8, 4) is 5.88 Å². The number of rotatable bonds is 7. The van der Waals surface area contributed by atoms with Crippen molar-refractivity contribution in [3.63, 3.8) is 0 Å². The Hall–Kier alpha value is -1.88. The van der Waals surface area contributed by atoms with Gasteiger partial charge >= 0.3 is 0 Å². The molecule has 2 aromatic heterocycles. The summed E-state index contributed by atoms with van der Waals surface area (Å²) < 4.78 is 10.7. The zero-order valence-corrected chi connectivity index (χ0v) is 11.3. The quantitative estimate of drug-likeness (QED) is 0.829. The van der Waals surface area contributed by atoms with Crippen LogP contribution in [0.1, 0.15) is 25.3 Å². The van der Waals surface area contributed by atoms with Crippen LogP contribution in [0.3, 0.4) is 0 Å². The highest BCUT2D eigenvalue weighted by Gasteiger charge is 2.02. The molecule has 2 heterocycles. The fourth-order valence-electron chi connectivity index (χ4n) is 1.57. The lowest BCUT2D eigenvalue weighted by Crippen LogP contribution is -2.19. The van der Waals surface area contributed by atoms with E-state index in [9.17, 15) is 0 Å². The minimum atomic E-state index is 0.366. The molecule has 0 spiro atoms. The molecule has 5 heteroatoms. The van der Waals surface area contributed by atoms with Crippen molar-refractivity contribution in [2.75, 3.05) is 6.54 Å². The van der Waals surface area contributed by atoms with Gasteiger partial charge in [0.05, 0.1) is 18.2 Å². The van der Waals surface area contributed by atoms with Gasteiger partial charge in [-0.2, -0.15) is 0 Å². The summed E-state index contributed by atoms with van der Waals surface area (Å²) >= 11 is 0. The van der Waals surface area contributed by atoms with Gasteiger partial charge in [0.2, 0.25) is 5.88 Å². The summed E-state index contributed by atoms with van der Waals surface area (Å²) in [4.78, 5) is 8.50. The van der Waals surface area contributed by atoms with Crippen molar-refractivity contribution in [1.82, 2.24) is 15.3 Å². The highest BCUT2D eigenvalue weighted by Crippen LogP contribution is 2.09.